The van der Waals surface area contributed by atoms with Crippen molar-refractivity contribution < 1.29 is 0 Å². The van der Waals surface area contributed by atoms with Crippen molar-refractivity contribution in [3.63, 3.8) is 0 Å². The van der Waals surface area contributed by atoms with Crippen molar-refractivity contribution in [1.29, 1.82) is 0 Å². The molecule has 218 valence electrons. The van der Waals surface area contributed by atoms with Gasteiger partial charge in [-0.05, 0) is 89.2 Å². The maximum absolute atomic E-state index is 2.50. The minimum absolute atomic E-state index is 0.137. The SMILES string of the molecule is c1ccc2c(c1)B1c3ccccc3N(c3ccc4sc5ccccc5c4c3)c3cccc(c31)N2c1ccc2sc3ccccc3c2c1. The number of anilines is 6. The van der Waals surface area contributed by atoms with Gasteiger partial charge in [0.1, 0.15) is 0 Å². The Labute approximate surface area is 280 Å². The Kier molecular flexibility index (Phi) is 5.26. The van der Waals surface area contributed by atoms with Crippen molar-refractivity contribution >= 4 is 120 Å². The Morgan fingerprint density at radius 1 is 0.362 bits per heavy atom. The molecule has 7 aromatic carbocycles. The van der Waals surface area contributed by atoms with E-state index in [1.165, 1.54) is 90.9 Å². The van der Waals surface area contributed by atoms with Crippen LogP contribution in [0.15, 0.2) is 152 Å². The van der Waals surface area contributed by atoms with E-state index in [2.05, 4.69) is 161 Å². The molecule has 0 radical (unpaired) electrons. The van der Waals surface area contributed by atoms with Crippen LogP contribution < -0.4 is 26.2 Å². The zero-order valence-corrected chi connectivity index (χ0v) is 26.9. The van der Waals surface area contributed by atoms with Crippen LogP contribution in [0.1, 0.15) is 0 Å². The van der Waals surface area contributed by atoms with Crippen LogP contribution in [0.2, 0.25) is 0 Å². The van der Waals surface area contributed by atoms with E-state index in [4.69, 9.17) is 0 Å². The zero-order valence-electron chi connectivity index (χ0n) is 25.2. The van der Waals surface area contributed by atoms with Crippen molar-refractivity contribution in [2.75, 3.05) is 9.80 Å². The number of para-hydroxylation sites is 2. The van der Waals surface area contributed by atoms with Gasteiger partial charge < -0.3 is 9.80 Å². The fourth-order valence-corrected chi connectivity index (χ4v) is 10.3. The lowest BCUT2D eigenvalue weighted by Gasteiger charge is -2.44. The van der Waals surface area contributed by atoms with Crippen LogP contribution >= 0.6 is 22.7 Å². The average molecular weight is 633 g/mol. The third-order valence-corrected chi connectivity index (χ3v) is 12.3. The lowest BCUT2D eigenvalue weighted by molar-refractivity contribution is 1.26. The summed E-state index contributed by atoms with van der Waals surface area (Å²) in [5, 5.41) is 5.28. The summed E-state index contributed by atoms with van der Waals surface area (Å²) in [6.45, 7) is 0.137. The van der Waals surface area contributed by atoms with Gasteiger partial charge in [-0.2, -0.15) is 0 Å². The quantitative estimate of drug-likeness (QED) is 0.175. The van der Waals surface area contributed by atoms with E-state index in [1.54, 1.807) is 0 Å². The van der Waals surface area contributed by atoms with Gasteiger partial charge in [-0.25, -0.2) is 0 Å². The van der Waals surface area contributed by atoms with E-state index in [0.717, 1.165) is 0 Å². The number of benzene rings is 7. The van der Waals surface area contributed by atoms with Gasteiger partial charge in [-0.1, -0.05) is 78.9 Å². The molecule has 9 aromatic rings. The predicted octanol–water partition coefficient (Wildman–Crippen LogP) is 10.5. The standard InChI is InChI=1S/C42H25BN2S2/c1-7-18-38-28(10-1)30-24-26(20-22-40(30)46-38)44-34-14-5-3-12-32(34)43-33-13-4-6-15-35(33)45(37-17-9-16-36(44)42(37)43)27-21-23-41-31(25-27)29-11-2-8-19-39(29)47-41/h1-25H. The third-order valence-electron chi connectivity index (χ3n) is 10.0. The fourth-order valence-electron chi connectivity index (χ4n) is 8.10. The normalized spacial score (nSPS) is 13.4. The number of rotatable bonds is 2. The van der Waals surface area contributed by atoms with Gasteiger partial charge in [0.2, 0.25) is 0 Å². The summed E-state index contributed by atoms with van der Waals surface area (Å²) < 4.78 is 5.31. The van der Waals surface area contributed by atoms with Crippen molar-refractivity contribution in [1.82, 2.24) is 0 Å². The molecule has 0 saturated carbocycles. The van der Waals surface area contributed by atoms with Crippen LogP contribution in [0.25, 0.3) is 40.3 Å². The second-order valence-corrected chi connectivity index (χ2v) is 14.7. The van der Waals surface area contributed by atoms with Gasteiger partial charge in [0.25, 0.3) is 6.71 Å². The highest BCUT2D eigenvalue weighted by atomic mass is 32.1. The average Bonchev–Trinajstić information content (AvgIpc) is 3.69. The van der Waals surface area contributed by atoms with Gasteiger partial charge in [0.05, 0.1) is 0 Å². The first-order valence-corrected chi connectivity index (χ1v) is 17.7. The van der Waals surface area contributed by atoms with Gasteiger partial charge >= 0.3 is 0 Å². The molecule has 0 spiro atoms. The van der Waals surface area contributed by atoms with Crippen molar-refractivity contribution in [3.05, 3.63) is 152 Å². The second kappa shape index (κ2) is 9.58. The first-order valence-electron chi connectivity index (χ1n) is 16.1. The molecule has 11 rings (SSSR count). The largest absolute Gasteiger partial charge is 0.311 e. The first-order chi connectivity index (χ1) is 23.3. The van der Waals surface area contributed by atoms with Crippen LogP contribution in [0.4, 0.5) is 34.1 Å². The van der Waals surface area contributed by atoms with Gasteiger partial charge in [-0.15, -0.1) is 22.7 Å². The maximum Gasteiger partial charge on any atom is 0.252 e. The van der Waals surface area contributed by atoms with Crippen molar-refractivity contribution in [2.24, 2.45) is 0 Å². The topological polar surface area (TPSA) is 6.48 Å². The molecule has 0 aliphatic carbocycles. The minimum atomic E-state index is 0.137. The molecule has 4 heterocycles. The zero-order chi connectivity index (χ0) is 30.6. The lowest BCUT2D eigenvalue weighted by atomic mass is 9.33. The van der Waals surface area contributed by atoms with Gasteiger partial charge in [0, 0.05) is 74.5 Å². The van der Waals surface area contributed by atoms with E-state index in [9.17, 15) is 0 Å². The molecule has 0 atom stereocenters. The molecule has 0 fully saturated rings. The summed E-state index contributed by atoms with van der Waals surface area (Å²) in [6, 6.07) is 56.5. The molecular formula is C42H25BN2S2. The minimum Gasteiger partial charge on any atom is -0.311 e. The van der Waals surface area contributed by atoms with E-state index in [1.807, 2.05) is 22.7 Å². The van der Waals surface area contributed by atoms with E-state index in [0.29, 0.717) is 0 Å². The Hall–Kier alpha value is -5.36. The maximum atomic E-state index is 2.50. The number of hydrogen-bond acceptors (Lipinski definition) is 4. The Bertz CT molecular complexity index is 2560. The molecule has 0 N–H and O–H groups in total. The van der Waals surface area contributed by atoms with Crippen molar-refractivity contribution in [2.45, 2.75) is 0 Å². The van der Waals surface area contributed by atoms with E-state index < -0.39 is 0 Å². The molecule has 2 aromatic heterocycles. The van der Waals surface area contributed by atoms with E-state index >= 15 is 0 Å². The molecule has 47 heavy (non-hydrogen) atoms. The highest BCUT2D eigenvalue weighted by Crippen LogP contribution is 2.46. The molecule has 2 aliphatic heterocycles. The summed E-state index contributed by atoms with van der Waals surface area (Å²) in [6.07, 6.45) is 0. The number of hydrogen-bond donors (Lipinski definition) is 0. The Morgan fingerprint density at radius 3 is 1.32 bits per heavy atom. The van der Waals surface area contributed by atoms with Gasteiger partial charge in [-0.3, -0.25) is 0 Å². The summed E-state index contributed by atoms with van der Waals surface area (Å²) in [5.74, 6) is 0. The molecule has 2 nitrogen and oxygen atoms in total. The molecule has 0 amide bonds. The molecule has 5 heteroatoms. The molecule has 0 bridgehead atoms. The lowest BCUT2D eigenvalue weighted by Crippen LogP contribution is -2.61. The van der Waals surface area contributed by atoms with Crippen LogP contribution in [0.5, 0.6) is 0 Å². The Balaban J connectivity index is 1.18. The Morgan fingerprint density at radius 2 is 0.787 bits per heavy atom. The molecule has 0 unspecified atom stereocenters. The van der Waals surface area contributed by atoms with Crippen LogP contribution in [0.3, 0.4) is 0 Å². The second-order valence-electron chi connectivity index (χ2n) is 12.5. The number of thiophene rings is 2. The smallest absolute Gasteiger partial charge is 0.252 e. The van der Waals surface area contributed by atoms with Crippen LogP contribution in [0, 0.1) is 0 Å². The number of nitrogens with zero attached hydrogens (tertiary/aromatic N) is 2. The van der Waals surface area contributed by atoms with Crippen LogP contribution in [-0.2, 0) is 0 Å². The highest BCUT2D eigenvalue weighted by Gasteiger charge is 2.42. The summed E-state index contributed by atoms with van der Waals surface area (Å²) in [4.78, 5) is 5.00. The molecule has 2 aliphatic rings. The van der Waals surface area contributed by atoms with E-state index in [-0.39, 0.29) is 6.71 Å². The van der Waals surface area contributed by atoms with Crippen LogP contribution in [-0.4, -0.2) is 6.71 Å². The fraction of sp³-hybridized carbons (Fsp3) is 0. The predicted molar refractivity (Wildman–Crippen MR) is 206 cm³/mol. The first kappa shape index (κ1) is 25.8. The van der Waals surface area contributed by atoms with Gasteiger partial charge in [0.15, 0.2) is 0 Å². The third kappa shape index (κ3) is 3.56. The monoisotopic (exact) mass is 632 g/mol. The summed E-state index contributed by atoms with van der Waals surface area (Å²) in [5.41, 5.74) is 11.4. The molecule has 0 saturated heterocycles. The van der Waals surface area contributed by atoms with Crippen molar-refractivity contribution in [3.8, 4) is 0 Å². The number of fused-ring (bicyclic) bond motifs is 10. The summed E-state index contributed by atoms with van der Waals surface area (Å²) in [7, 11) is 0. The molecular weight excluding hydrogens is 607 g/mol. The summed E-state index contributed by atoms with van der Waals surface area (Å²) >= 11 is 3.74. The highest BCUT2D eigenvalue weighted by molar-refractivity contribution is 7.26.